The molecule has 0 amide bonds. The van der Waals surface area contributed by atoms with Crippen molar-refractivity contribution < 1.29 is 14.3 Å². The first-order valence-corrected chi connectivity index (χ1v) is 20.1. The molecule has 0 bridgehead atoms. The minimum Gasteiger partial charge on any atom is -0.392 e. The third kappa shape index (κ3) is 9.03. The highest BCUT2D eigenvalue weighted by molar-refractivity contribution is 5.88. The summed E-state index contributed by atoms with van der Waals surface area (Å²) in [6.45, 7) is 4.32. The van der Waals surface area contributed by atoms with Crippen molar-refractivity contribution in [2.75, 3.05) is 0 Å². The Balaban J connectivity index is 1.08. The molecule has 0 aliphatic rings. The van der Waals surface area contributed by atoms with E-state index in [1.807, 2.05) is 116 Å². The largest absolute Gasteiger partial charge is 0.392 e. The fourth-order valence-corrected chi connectivity index (χ4v) is 7.68. The van der Waals surface area contributed by atoms with E-state index in [-0.39, 0.29) is 12.3 Å². The van der Waals surface area contributed by atoms with E-state index in [0.717, 1.165) is 58.2 Å². The smallest absolute Gasteiger partial charge is 0.331 e. The van der Waals surface area contributed by atoms with Crippen molar-refractivity contribution in [1.82, 2.24) is 25.5 Å². The van der Waals surface area contributed by atoms with Crippen LogP contribution in [0.3, 0.4) is 0 Å². The topological polar surface area (TPSA) is 99.0 Å². The molecule has 0 fully saturated rings. The fourth-order valence-electron chi connectivity index (χ4n) is 7.68. The Kier molecular flexibility index (Phi) is 13.1. The first-order valence-electron chi connectivity index (χ1n) is 20.1. The van der Waals surface area contributed by atoms with Gasteiger partial charge in [0.25, 0.3) is 0 Å². The molecule has 58 heavy (non-hydrogen) atoms. The molecule has 0 radical (unpaired) electrons. The minimum atomic E-state index is -0.882. The SMILES string of the molecule is CC(C)[C@H](NCc1ccc(-c2ccccc2-c2nnnn2C(c2ccccc2)(c2ccccc2)c2ccccc2)cc1)C(=O)OC(=O)CCCCCc1ccccc1. The summed E-state index contributed by atoms with van der Waals surface area (Å²) < 4.78 is 7.26. The van der Waals surface area contributed by atoms with Crippen LogP contribution in [0.25, 0.3) is 22.5 Å². The lowest BCUT2D eigenvalue weighted by Crippen LogP contribution is -2.42. The fraction of sp³-hybridized carbons (Fsp3) is 0.220. The molecule has 8 heteroatoms. The van der Waals surface area contributed by atoms with Crippen LogP contribution in [-0.4, -0.2) is 38.2 Å². The summed E-state index contributed by atoms with van der Waals surface area (Å²) in [4.78, 5) is 25.7. The summed E-state index contributed by atoms with van der Waals surface area (Å²) in [5.41, 5.74) is 7.33. The lowest BCUT2D eigenvalue weighted by atomic mass is 9.77. The van der Waals surface area contributed by atoms with E-state index < -0.39 is 23.5 Å². The number of ether oxygens (including phenoxy) is 1. The minimum absolute atomic E-state index is 0.0712. The zero-order chi connectivity index (χ0) is 40.2. The van der Waals surface area contributed by atoms with Crippen molar-refractivity contribution in [3.8, 4) is 22.5 Å². The molecule has 0 aliphatic heterocycles. The third-order valence-electron chi connectivity index (χ3n) is 10.6. The number of unbranched alkanes of at least 4 members (excludes halogenated alkanes) is 2. The number of nitrogens with one attached hydrogen (secondary N) is 1. The summed E-state index contributed by atoms with van der Waals surface area (Å²) in [6.07, 6.45) is 3.78. The van der Waals surface area contributed by atoms with Crippen molar-refractivity contribution in [3.63, 3.8) is 0 Å². The van der Waals surface area contributed by atoms with E-state index in [1.165, 1.54) is 5.56 Å². The van der Waals surface area contributed by atoms with Gasteiger partial charge in [-0.05, 0) is 74.6 Å². The number of esters is 2. The highest BCUT2D eigenvalue weighted by Gasteiger charge is 2.42. The van der Waals surface area contributed by atoms with Gasteiger partial charge in [0.1, 0.15) is 11.6 Å². The van der Waals surface area contributed by atoms with Gasteiger partial charge in [-0.3, -0.25) is 4.79 Å². The Hall–Kier alpha value is -6.51. The Bertz CT molecular complexity index is 2270. The second-order valence-corrected chi connectivity index (χ2v) is 14.9. The standard InChI is InChI=1S/C50H49N5O3/c1-37(2)47(49(57)58-46(56)31-17-4-10-22-38-20-8-3-9-21-38)51-36-39-32-34-40(35-33-39)44-29-18-19-30-45(44)48-52-53-54-55(48)50(41-23-11-5-12-24-41,42-25-13-6-14-26-42)43-27-15-7-16-28-43/h3,5-9,11-16,18-21,23-30,32-35,37,47,51H,4,10,17,22,31,36H2,1-2H3/t47-/m0/s1. The molecular formula is C50H49N5O3. The van der Waals surface area contributed by atoms with Crippen molar-refractivity contribution in [3.05, 3.63) is 198 Å². The van der Waals surface area contributed by atoms with Crippen LogP contribution in [0.15, 0.2) is 170 Å². The lowest BCUT2D eigenvalue weighted by molar-refractivity contribution is -0.162. The highest BCUT2D eigenvalue weighted by atomic mass is 16.6. The molecule has 7 aromatic rings. The zero-order valence-corrected chi connectivity index (χ0v) is 33.1. The van der Waals surface area contributed by atoms with Gasteiger partial charge < -0.3 is 10.1 Å². The summed E-state index contributed by atoms with van der Waals surface area (Å²) >= 11 is 0. The molecule has 7 rings (SSSR count). The molecule has 0 saturated heterocycles. The number of aryl methyl sites for hydroxylation is 1. The molecule has 8 nitrogen and oxygen atoms in total. The Labute approximate surface area is 340 Å². The van der Waals surface area contributed by atoms with Crippen LogP contribution in [0.1, 0.15) is 67.3 Å². The molecule has 292 valence electrons. The van der Waals surface area contributed by atoms with Crippen LogP contribution in [0.2, 0.25) is 0 Å². The number of carbonyl (C=O) groups excluding carboxylic acids is 2. The molecule has 0 aliphatic carbocycles. The number of nitrogens with zero attached hydrogens (tertiary/aromatic N) is 4. The van der Waals surface area contributed by atoms with Gasteiger partial charge in [-0.25, -0.2) is 9.48 Å². The number of hydrogen-bond donors (Lipinski definition) is 1. The van der Waals surface area contributed by atoms with Crippen molar-refractivity contribution in [2.24, 2.45) is 5.92 Å². The van der Waals surface area contributed by atoms with Gasteiger partial charge in [-0.2, -0.15) is 0 Å². The molecule has 0 unspecified atom stereocenters. The highest BCUT2D eigenvalue weighted by Crippen LogP contribution is 2.43. The normalized spacial score (nSPS) is 12.0. The maximum atomic E-state index is 13.1. The molecule has 1 heterocycles. The third-order valence-corrected chi connectivity index (χ3v) is 10.6. The Morgan fingerprint density at radius 3 is 1.72 bits per heavy atom. The van der Waals surface area contributed by atoms with Crippen molar-refractivity contribution in [1.29, 1.82) is 0 Å². The number of carbonyl (C=O) groups is 2. The van der Waals surface area contributed by atoms with Crippen LogP contribution >= 0.6 is 0 Å². The second kappa shape index (κ2) is 19.1. The van der Waals surface area contributed by atoms with Crippen LogP contribution in [0.5, 0.6) is 0 Å². The van der Waals surface area contributed by atoms with E-state index in [0.29, 0.717) is 18.8 Å². The van der Waals surface area contributed by atoms with Crippen molar-refractivity contribution in [2.45, 2.75) is 64.1 Å². The molecule has 1 atom stereocenters. The average Bonchev–Trinajstić information content (AvgIpc) is 3.76. The van der Waals surface area contributed by atoms with Crippen LogP contribution in [-0.2, 0) is 32.8 Å². The Morgan fingerprint density at radius 1 is 0.621 bits per heavy atom. The van der Waals surface area contributed by atoms with E-state index in [4.69, 9.17) is 15.0 Å². The van der Waals surface area contributed by atoms with Gasteiger partial charge in [-0.15, -0.1) is 5.10 Å². The molecule has 1 aromatic heterocycles. The summed E-state index contributed by atoms with van der Waals surface area (Å²) in [5, 5.41) is 17.1. The number of aromatic nitrogens is 4. The molecular weight excluding hydrogens is 719 g/mol. The van der Waals surface area contributed by atoms with E-state index in [1.54, 1.807) is 0 Å². The molecule has 0 saturated carbocycles. The maximum Gasteiger partial charge on any atom is 0.331 e. The van der Waals surface area contributed by atoms with Crippen molar-refractivity contribution >= 4 is 11.9 Å². The summed E-state index contributed by atoms with van der Waals surface area (Å²) in [5.74, 6) is -0.458. The maximum absolute atomic E-state index is 13.1. The zero-order valence-electron chi connectivity index (χ0n) is 33.1. The van der Waals surface area contributed by atoms with Crippen LogP contribution in [0.4, 0.5) is 0 Å². The number of tetrazole rings is 1. The second-order valence-electron chi connectivity index (χ2n) is 14.9. The first-order chi connectivity index (χ1) is 28.4. The van der Waals surface area contributed by atoms with Crippen LogP contribution < -0.4 is 5.32 Å². The monoisotopic (exact) mass is 767 g/mol. The van der Waals surface area contributed by atoms with Crippen LogP contribution in [0, 0.1) is 5.92 Å². The Morgan fingerprint density at radius 2 is 1.16 bits per heavy atom. The van der Waals surface area contributed by atoms with Gasteiger partial charge in [0.2, 0.25) is 0 Å². The summed E-state index contributed by atoms with van der Waals surface area (Å²) in [7, 11) is 0. The number of rotatable bonds is 17. The predicted molar refractivity (Wildman–Crippen MR) is 228 cm³/mol. The average molecular weight is 768 g/mol. The number of benzene rings is 6. The van der Waals surface area contributed by atoms with E-state index in [2.05, 4.69) is 83.3 Å². The van der Waals surface area contributed by atoms with E-state index >= 15 is 0 Å². The molecule has 1 N–H and O–H groups in total. The number of hydrogen-bond acceptors (Lipinski definition) is 7. The van der Waals surface area contributed by atoms with Gasteiger partial charge in [0.15, 0.2) is 5.82 Å². The quantitative estimate of drug-likeness (QED) is 0.0426. The van der Waals surface area contributed by atoms with Gasteiger partial charge in [0.05, 0.1) is 0 Å². The lowest BCUT2D eigenvalue weighted by Gasteiger charge is -2.36. The van der Waals surface area contributed by atoms with E-state index in [9.17, 15) is 9.59 Å². The molecule has 6 aromatic carbocycles. The van der Waals surface area contributed by atoms with Gasteiger partial charge in [-0.1, -0.05) is 190 Å². The molecule has 0 spiro atoms. The summed E-state index contributed by atoms with van der Waals surface area (Å²) in [6, 6.07) is 57.2. The first kappa shape index (κ1) is 39.7. The predicted octanol–water partition coefficient (Wildman–Crippen LogP) is 9.83. The van der Waals surface area contributed by atoms with Gasteiger partial charge in [0, 0.05) is 18.5 Å². The van der Waals surface area contributed by atoms with Gasteiger partial charge >= 0.3 is 11.9 Å².